The van der Waals surface area contributed by atoms with Crippen LogP contribution in [0.3, 0.4) is 0 Å². The molecule has 0 bridgehead atoms. The fourth-order valence-electron chi connectivity index (χ4n) is 5.36. The van der Waals surface area contributed by atoms with Gasteiger partial charge in [-0.1, -0.05) is 168 Å². The second-order valence-electron chi connectivity index (χ2n) is 10.6. The van der Waals surface area contributed by atoms with Crippen LogP contribution in [0, 0.1) is 13.0 Å². The molecule has 0 saturated heterocycles. The summed E-state index contributed by atoms with van der Waals surface area (Å²) in [6.07, 6.45) is 3.81. The molecule has 0 heterocycles. The predicted molar refractivity (Wildman–Crippen MR) is 191 cm³/mol. The van der Waals surface area contributed by atoms with E-state index >= 15 is 0 Å². The molecule has 0 aromatic heterocycles. The Morgan fingerprint density at radius 2 is 1.02 bits per heavy atom. The summed E-state index contributed by atoms with van der Waals surface area (Å²) in [6.45, 7) is 2.12. The normalized spacial score (nSPS) is 12.1. The van der Waals surface area contributed by atoms with Gasteiger partial charge >= 0.3 is 27.7 Å². The molecule has 0 radical (unpaired) electrons. The molecule has 46 heavy (non-hydrogen) atoms. The van der Waals surface area contributed by atoms with E-state index in [1.54, 1.807) is 0 Å². The van der Waals surface area contributed by atoms with E-state index < -0.39 is 0 Å². The second-order valence-corrected chi connectivity index (χ2v) is 10.6. The van der Waals surface area contributed by atoms with Crippen LogP contribution in [-0.4, -0.2) is 5.84 Å². The molecule has 0 aliphatic carbocycles. The fraction of sp³-hybridized carbons (Fsp3) is 0.0238. The third kappa shape index (κ3) is 8.08. The topological polar surface area (TPSA) is 38.4 Å². The molecule has 2 N–H and O–H groups in total. The second kappa shape index (κ2) is 16.5. The molecule has 0 unspecified atom stereocenters. The van der Waals surface area contributed by atoms with Crippen LogP contribution in [0.5, 0.6) is 0 Å². The van der Waals surface area contributed by atoms with Gasteiger partial charge in [0.1, 0.15) is 5.84 Å². The monoisotopic (exact) mass is 706 g/mol. The Hall–Kier alpha value is -4.78. The molecule has 0 amide bonds. The van der Waals surface area contributed by atoms with Crippen LogP contribution in [0.4, 0.5) is 5.69 Å². The molecule has 0 atom stereocenters. The maximum absolute atomic E-state index is 6.63. The van der Waals surface area contributed by atoms with E-state index in [-0.39, 0.29) is 0 Å². The van der Waals surface area contributed by atoms with Crippen LogP contribution in [-0.2, 0) is 18.2 Å². The zero-order valence-corrected chi connectivity index (χ0v) is 27.7. The summed E-state index contributed by atoms with van der Waals surface area (Å²) >= 11 is 2.22. The van der Waals surface area contributed by atoms with E-state index in [1.165, 1.54) is 0 Å². The minimum atomic E-state index is 0.471. The van der Waals surface area contributed by atoms with Crippen molar-refractivity contribution in [1.82, 2.24) is 0 Å². The molecule has 228 valence electrons. The van der Waals surface area contributed by atoms with Gasteiger partial charge in [0.25, 0.3) is 0 Å². The Balaban J connectivity index is 0.00000204. The fourth-order valence-corrected chi connectivity index (χ4v) is 5.36. The number of hydrogen-bond acceptors (Lipinski definition) is 1. The number of hydrogen-bond donors (Lipinski definition) is 1. The zero-order chi connectivity index (χ0) is 32.1. The number of benzene rings is 6. The summed E-state index contributed by atoms with van der Waals surface area (Å²) in [4.78, 5) is 5.04. The van der Waals surface area contributed by atoms with Crippen molar-refractivity contribution in [2.45, 2.75) is 6.92 Å². The molecule has 0 aliphatic rings. The van der Waals surface area contributed by atoms with Crippen LogP contribution in [0.25, 0.3) is 16.7 Å². The number of halogens is 1. The molecule has 6 rings (SSSR count). The summed E-state index contributed by atoms with van der Waals surface area (Å²) in [5, 5.41) is 0. The Labute approximate surface area is 287 Å². The Kier molecular flexibility index (Phi) is 11.7. The van der Waals surface area contributed by atoms with Crippen molar-refractivity contribution in [2.75, 3.05) is 0 Å². The first-order valence-corrected chi connectivity index (χ1v) is 16.9. The number of rotatable bonds is 8. The van der Waals surface area contributed by atoms with E-state index in [4.69, 9.17) is 10.7 Å². The standard InChI is InChI=1S/C42H33N2.ClH.Pd/c1-31-27-28-39(44-42(43)36-25-15-6-16-26-36)38(29-31)41(35-23-13-5-14-24-35)40(34-21-11-4-12-22-34)37(33-19-9-3-10-20-33)30-32-17-7-2-8-18-32;;/h2-29H,1H3,(H2,43,44);1H;/q-1;;+2/p-1/b41-40+;;. The van der Waals surface area contributed by atoms with Gasteiger partial charge in [0.2, 0.25) is 0 Å². The average Bonchev–Trinajstić information content (AvgIpc) is 3.13. The van der Waals surface area contributed by atoms with Gasteiger partial charge in [-0.15, -0.1) is 29.3 Å². The van der Waals surface area contributed by atoms with Crippen LogP contribution in [0.2, 0.25) is 0 Å². The third-order valence-corrected chi connectivity index (χ3v) is 7.46. The molecule has 0 saturated carbocycles. The summed E-state index contributed by atoms with van der Waals surface area (Å²) in [5.41, 5.74) is 17.8. The van der Waals surface area contributed by atoms with E-state index in [9.17, 15) is 0 Å². The van der Waals surface area contributed by atoms with E-state index in [1.807, 2.05) is 42.5 Å². The van der Waals surface area contributed by atoms with Gasteiger partial charge in [-0.25, -0.2) is 4.99 Å². The first kappa shape index (κ1) is 32.6. The van der Waals surface area contributed by atoms with Gasteiger partial charge in [0.05, 0.1) is 5.69 Å². The minimum absolute atomic E-state index is 0.471. The van der Waals surface area contributed by atoms with E-state index in [0.29, 0.717) is 5.84 Å². The maximum atomic E-state index is 6.63. The zero-order valence-electron chi connectivity index (χ0n) is 25.4. The number of nitrogens with two attached hydrogens (primary N) is 1. The van der Waals surface area contributed by atoms with Crippen LogP contribution in [0.1, 0.15) is 38.9 Å². The molecule has 6 aromatic rings. The number of nitrogens with zero attached hydrogens (tertiary/aromatic N) is 1. The predicted octanol–water partition coefficient (Wildman–Crippen LogP) is 10.6. The van der Waals surface area contributed by atoms with Crippen molar-refractivity contribution in [3.8, 4) is 0 Å². The van der Waals surface area contributed by atoms with Gasteiger partial charge in [-0.3, -0.25) is 0 Å². The van der Waals surface area contributed by atoms with E-state index in [0.717, 1.165) is 61.4 Å². The molecule has 4 heteroatoms. The molecule has 0 aliphatic heterocycles. The van der Waals surface area contributed by atoms with Crippen LogP contribution in [0.15, 0.2) is 175 Å². The molecular formula is C42H33ClN2Pd. The molecule has 6 aromatic carbocycles. The third-order valence-electron chi connectivity index (χ3n) is 7.46. The Bertz CT molecular complexity index is 1940. The van der Waals surface area contributed by atoms with Crippen molar-refractivity contribution >= 4 is 37.8 Å². The van der Waals surface area contributed by atoms with Crippen molar-refractivity contribution in [1.29, 1.82) is 0 Å². The van der Waals surface area contributed by atoms with Gasteiger partial charge in [0, 0.05) is 11.1 Å². The summed E-state index contributed by atoms with van der Waals surface area (Å²) in [7, 11) is 4.49. The van der Waals surface area contributed by atoms with Gasteiger partial charge in [0.15, 0.2) is 0 Å². The van der Waals surface area contributed by atoms with E-state index in [2.05, 4.69) is 168 Å². The molecule has 0 fully saturated rings. The number of allylic oxidation sites excluding steroid dienone is 2. The Morgan fingerprint density at radius 3 is 1.57 bits per heavy atom. The molecule has 0 spiro atoms. The Morgan fingerprint density at radius 1 is 0.565 bits per heavy atom. The molecular weight excluding hydrogens is 674 g/mol. The average molecular weight is 708 g/mol. The van der Waals surface area contributed by atoms with Crippen molar-refractivity contribution in [3.05, 3.63) is 215 Å². The first-order chi connectivity index (χ1) is 22.7. The quantitative estimate of drug-likeness (QED) is 0.0420. The van der Waals surface area contributed by atoms with Gasteiger partial charge in [-0.05, 0) is 30.2 Å². The first-order valence-electron chi connectivity index (χ1n) is 14.9. The summed E-state index contributed by atoms with van der Waals surface area (Å²) in [6, 6.07) is 58.3. The van der Waals surface area contributed by atoms with Crippen molar-refractivity contribution in [3.63, 3.8) is 0 Å². The summed E-state index contributed by atoms with van der Waals surface area (Å²) < 4.78 is 0. The SMILES string of the molecule is Cc1ccc(N=C(N)c2ccccc2)c(/C(=C(/C(=[C-]c2ccccc2)c2ccccc2)c2ccccc2)c2ccccc2)c1.[Cl][Pd+]. The van der Waals surface area contributed by atoms with Crippen molar-refractivity contribution in [2.24, 2.45) is 10.7 Å². The van der Waals surface area contributed by atoms with Gasteiger partial charge < -0.3 is 5.73 Å². The summed E-state index contributed by atoms with van der Waals surface area (Å²) in [5.74, 6) is 0.471. The van der Waals surface area contributed by atoms with Crippen molar-refractivity contribution < 1.29 is 18.2 Å². The van der Waals surface area contributed by atoms with Gasteiger partial charge in [-0.2, -0.15) is 0 Å². The number of aryl methyl sites for hydroxylation is 1. The van der Waals surface area contributed by atoms with Crippen LogP contribution < -0.4 is 5.73 Å². The number of amidine groups is 1. The molecule has 2 nitrogen and oxygen atoms in total. The van der Waals surface area contributed by atoms with Crippen LogP contribution >= 0.6 is 9.53 Å². The number of aliphatic imine (C=N–C) groups is 1.